The van der Waals surface area contributed by atoms with Crippen LogP contribution in [0.1, 0.15) is 19.3 Å². The molecule has 1 aromatic rings. The van der Waals surface area contributed by atoms with E-state index in [2.05, 4.69) is 9.82 Å². The van der Waals surface area contributed by atoms with E-state index in [4.69, 9.17) is 9.84 Å². The molecule has 8 nitrogen and oxygen atoms in total. The number of ether oxygens (including phenoxy) is 1. The molecule has 0 radical (unpaired) electrons. The fraction of sp³-hybridized carbons (Fsp3) is 0.636. The summed E-state index contributed by atoms with van der Waals surface area (Å²) in [6, 6.07) is 0. The lowest BCUT2D eigenvalue weighted by Crippen LogP contribution is -2.31. The number of nitrogens with one attached hydrogen (secondary N) is 1. The number of carboxylic acids is 1. The third kappa shape index (κ3) is 4.02. The molecule has 1 fully saturated rings. The number of hydrogen-bond donors (Lipinski definition) is 2. The molecule has 2 heterocycles. The molecular formula is C11H17N3O5S. The molecule has 1 atom stereocenters. The zero-order valence-corrected chi connectivity index (χ0v) is 11.7. The predicted molar refractivity (Wildman–Crippen MR) is 68.6 cm³/mol. The molecule has 2 N–H and O–H groups in total. The van der Waals surface area contributed by atoms with Gasteiger partial charge in [0.05, 0.1) is 25.3 Å². The van der Waals surface area contributed by atoms with E-state index < -0.39 is 16.0 Å². The van der Waals surface area contributed by atoms with Crippen LogP contribution in [0.2, 0.25) is 0 Å². The van der Waals surface area contributed by atoms with E-state index >= 15 is 0 Å². The number of aromatic nitrogens is 2. The first-order valence-corrected chi connectivity index (χ1v) is 7.81. The van der Waals surface area contributed by atoms with E-state index in [-0.39, 0.29) is 30.5 Å². The van der Waals surface area contributed by atoms with Gasteiger partial charge < -0.3 is 9.84 Å². The highest BCUT2D eigenvalue weighted by molar-refractivity contribution is 7.89. The molecule has 1 unspecified atom stereocenters. The minimum absolute atomic E-state index is 0.0286. The van der Waals surface area contributed by atoms with Crippen molar-refractivity contribution in [3.63, 3.8) is 0 Å². The van der Waals surface area contributed by atoms with Gasteiger partial charge in [-0.2, -0.15) is 5.10 Å². The Bertz CT molecular complexity index is 562. The highest BCUT2D eigenvalue weighted by Gasteiger charge is 2.21. The molecule has 112 valence electrons. The number of nitrogens with zero attached hydrogens (tertiary/aromatic N) is 2. The molecule has 0 bridgehead atoms. The van der Waals surface area contributed by atoms with Gasteiger partial charge in [-0.25, -0.2) is 13.1 Å². The number of sulfonamides is 1. The summed E-state index contributed by atoms with van der Waals surface area (Å²) in [5.74, 6) is -0.957. The zero-order chi connectivity index (χ0) is 14.6. The zero-order valence-electron chi connectivity index (χ0n) is 10.9. The van der Waals surface area contributed by atoms with Crippen molar-refractivity contribution in [2.75, 3.05) is 13.2 Å². The summed E-state index contributed by atoms with van der Waals surface area (Å²) in [5.41, 5.74) is 0. The molecule has 1 aliphatic rings. The van der Waals surface area contributed by atoms with Crippen LogP contribution >= 0.6 is 0 Å². The van der Waals surface area contributed by atoms with Crippen molar-refractivity contribution in [3.05, 3.63) is 12.4 Å². The maximum Gasteiger partial charge on any atom is 0.305 e. The van der Waals surface area contributed by atoms with Crippen molar-refractivity contribution in [1.82, 2.24) is 14.5 Å². The van der Waals surface area contributed by atoms with Crippen molar-refractivity contribution in [3.8, 4) is 0 Å². The van der Waals surface area contributed by atoms with Crippen LogP contribution in [-0.4, -0.2) is 48.5 Å². The monoisotopic (exact) mass is 303 g/mol. The molecule has 20 heavy (non-hydrogen) atoms. The largest absolute Gasteiger partial charge is 0.481 e. The van der Waals surface area contributed by atoms with Gasteiger partial charge in [0.1, 0.15) is 4.90 Å². The van der Waals surface area contributed by atoms with Crippen LogP contribution in [0, 0.1) is 0 Å². The first-order chi connectivity index (χ1) is 9.47. The summed E-state index contributed by atoms with van der Waals surface area (Å²) < 4.78 is 33.1. The lowest BCUT2D eigenvalue weighted by atomic mass is 10.2. The second kappa shape index (κ2) is 6.33. The van der Waals surface area contributed by atoms with E-state index in [0.29, 0.717) is 6.61 Å². The van der Waals surface area contributed by atoms with Gasteiger partial charge in [0.2, 0.25) is 10.0 Å². The van der Waals surface area contributed by atoms with Crippen LogP contribution in [0.3, 0.4) is 0 Å². The fourth-order valence-electron chi connectivity index (χ4n) is 1.91. The first-order valence-electron chi connectivity index (χ1n) is 6.33. The average molecular weight is 303 g/mol. The Morgan fingerprint density at radius 1 is 1.60 bits per heavy atom. The SMILES string of the molecule is O=C(O)CCn1cc(S(=O)(=O)NCC2CCCO2)cn1. The topological polar surface area (TPSA) is 111 Å². The van der Waals surface area contributed by atoms with Crippen molar-refractivity contribution in [1.29, 1.82) is 0 Å². The van der Waals surface area contributed by atoms with E-state index in [0.717, 1.165) is 12.8 Å². The van der Waals surface area contributed by atoms with Gasteiger partial charge in [-0.15, -0.1) is 0 Å². The number of hydrogen-bond acceptors (Lipinski definition) is 5. The normalized spacial score (nSPS) is 19.3. The summed E-state index contributed by atoms with van der Waals surface area (Å²) in [6.07, 6.45) is 4.14. The number of carboxylic acid groups (broad SMARTS) is 1. The van der Waals surface area contributed by atoms with Crippen molar-refractivity contribution >= 4 is 16.0 Å². The molecule has 2 rings (SSSR count). The maximum absolute atomic E-state index is 12.0. The van der Waals surface area contributed by atoms with Gasteiger partial charge >= 0.3 is 5.97 Å². The molecule has 1 saturated heterocycles. The maximum atomic E-state index is 12.0. The highest BCUT2D eigenvalue weighted by Crippen LogP contribution is 2.13. The van der Waals surface area contributed by atoms with Crippen molar-refractivity contribution in [2.24, 2.45) is 0 Å². The van der Waals surface area contributed by atoms with E-state index in [1.165, 1.54) is 17.1 Å². The Labute approximate surface area is 116 Å². The molecule has 1 aromatic heterocycles. The number of aliphatic carboxylic acids is 1. The van der Waals surface area contributed by atoms with Crippen molar-refractivity contribution < 1.29 is 23.1 Å². The highest BCUT2D eigenvalue weighted by atomic mass is 32.2. The van der Waals surface area contributed by atoms with Gasteiger partial charge in [-0.3, -0.25) is 9.48 Å². The fourth-order valence-corrected chi connectivity index (χ4v) is 2.93. The number of aryl methyl sites for hydroxylation is 1. The molecular weight excluding hydrogens is 286 g/mol. The summed E-state index contributed by atoms with van der Waals surface area (Å²) in [6.45, 7) is 1.04. The van der Waals surface area contributed by atoms with Crippen LogP contribution in [-0.2, 0) is 26.1 Å². The predicted octanol–water partition coefficient (Wildman–Crippen LogP) is -0.185. The summed E-state index contributed by atoms with van der Waals surface area (Å²) in [5, 5.41) is 12.4. The Balaban J connectivity index is 1.92. The second-order valence-electron chi connectivity index (χ2n) is 4.57. The van der Waals surface area contributed by atoms with E-state index in [1.54, 1.807) is 0 Å². The summed E-state index contributed by atoms with van der Waals surface area (Å²) in [4.78, 5) is 10.5. The first kappa shape index (κ1) is 14.9. The van der Waals surface area contributed by atoms with E-state index in [9.17, 15) is 13.2 Å². The molecule has 9 heteroatoms. The number of carbonyl (C=O) groups is 1. The third-order valence-electron chi connectivity index (χ3n) is 3.00. The van der Waals surface area contributed by atoms with Crippen molar-refractivity contribution in [2.45, 2.75) is 36.8 Å². The Morgan fingerprint density at radius 2 is 2.40 bits per heavy atom. The van der Waals surface area contributed by atoms with Gasteiger partial charge in [-0.1, -0.05) is 0 Å². The molecule has 0 amide bonds. The Morgan fingerprint density at radius 3 is 3.05 bits per heavy atom. The van der Waals surface area contributed by atoms with Crippen LogP contribution in [0.15, 0.2) is 17.3 Å². The lowest BCUT2D eigenvalue weighted by molar-refractivity contribution is -0.137. The summed E-state index contributed by atoms with van der Waals surface area (Å²) >= 11 is 0. The third-order valence-corrected chi connectivity index (χ3v) is 4.38. The minimum Gasteiger partial charge on any atom is -0.481 e. The lowest BCUT2D eigenvalue weighted by Gasteiger charge is -2.10. The molecule has 0 spiro atoms. The Hall–Kier alpha value is -1.45. The van der Waals surface area contributed by atoms with Crippen LogP contribution in [0.5, 0.6) is 0 Å². The molecule has 0 saturated carbocycles. The van der Waals surface area contributed by atoms with Crippen LogP contribution < -0.4 is 4.72 Å². The summed E-state index contributed by atoms with van der Waals surface area (Å²) in [7, 11) is -3.63. The molecule has 1 aliphatic heterocycles. The smallest absolute Gasteiger partial charge is 0.305 e. The molecule has 0 aromatic carbocycles. The minimum atomic E-state index is -3.63. The van der Waals surface area contributed by atoms with Gasteiger partial charge in [-0.05, 0) is 12.8 Å². The quantitative estimate of drug-likeness (QED) is 0.722. The van der Waals surface area contributed by atoms with Gasteiger partial charge in [0, 0.05) is 19.3 Å². The van der Waals surface area contributed by atoms with Crippen LogP contribution in [0.25, 0.3) is 0 Å². The molecule has 0 aliphatic carbocycles. The second-order valence-corrected chi connectivity index (χ2v) is 6.34. The number of rotatable bonds is 7. The van der Waals surface area contributed by atoms with Crippen LogP contribution in [0.4, 0.5) is 0 Å². The van der Waals surface area contributed by atoms with E-state index in [1.807, 2.05) is 0 Å². The van der Waals surface area contributed by atoms with Gasteiger partial charge in [0.25, 0.3) is 0 Å². The Kier molecular flexibility index (Phi) is 4.73. The average Bonchev–Trinajstić information content (AvgIpc) is 3.05. The standard InChI is InChI=1S/C11H17N3O5S/c15-11(16)3-4-14-8-10(7-12-14)20(17,18)13-6-9-2-1-5-19-9/h7-9,13H,1-6H2,(H,15,16). The van der Waals surface area contributed by atoms with Gasteiger partial charge in [0.15, 0.2) is 0 Å².